The highest BCUT2D eigenvalue weighted by atomic mass is 19.1. The molecule has 0 aliphatic rings. The van der Waals surface area contributed by atoms with Gasteiger partial charge in [0, 0.05) is 11.1 Å². The lowest BCUT2D eigenvalue weighted by atomic mass is 10.1. The maximum absolute atomic E-state index is 13.0. The number of carbonyl (C=O) groups is 1. The van der Waals surface area contributed by atoms with Crippen molar-refractivity contribution < 1.29 is 9.18 Å². The summed E-state index contributed by atoms with van der Waals surface area (Å²) >= 11 is 0. The Labute approximate surface area is 154 Å². The van der Waals surface area contributed by atoms with Crippen LogP contribution in [0, 0.1) is 5.82 Å². The molecule has 2 N–H and O–H groups in total. The zero-order chi connectivity index (χ0) is 18.6. The number of rotatable bonds is 4. The molecule has 0 atom stereocenters. The van der Waals surface area contributed by atoms with Gasteiger partial charge in [0.2, 0.25) is 0 Å². The number of benzene rings is 3. The molecule has 0 unspecified atom stereocenters. The van der Waals surface area contributed by atoms with E-state index >= 15 is 0 Å². The summed E-state index contributed by atoms with van der Waals surface area (Å²) in [6.07, 6.45) is 1.61. The van der Waals surface area contributed by atoms with E-state index in [1.54, 1.807) is 24.4 Å². The number of hydrogen-bond acceptors (Lipinski definition) is 3. The summed E-state index contributed by atoms with van der Waals surface area (Å²) in [4.78, 5) is 12.2. The van der Waals surface area contributed by atoms with Crippen LogP contribution in [0.25, 0.3) is 22.0 Å². The molecule has 0 aliphatic carbocycles. The number of hydrogen-bond donors (Lipinski definition) is 2. The Hall–Kier alpha value is -3.80. The van der Waals surface area contributed by atoms with Crippen LogP contribution in [-0.4, -0.2) is 22.3 Å². The van der Waals surface area contributed by atoms with E-state index in [0.29, 0.717) is 11.3 Å². The fourth-order valence-corrected chi connectivity index (χ4v) is 2.79. The molecule has 3 aromatic carbocycles. The Morgan fingerprint density at radius 1 is 1.04 bits per heavy atom. The Bertz CT molecular complexity index is 1130. The van der Waals surface area contributed by atoms with Crippen molar-refractivity contribution in [1.29, 1.82) is 0 Å². The molecular formula is C21H15FN4O. The molecule has 6 heteroatoms. The molecule has 0 saturated carbocycles. The van der Waals surface area contributed by atoms with E-state index in [1.165, 1.54) is 12.1 Å². The van der Waals surface area contributed by atoms with Crippen molar-refractivity contribution in [3.63, 3.8) is 0 Å². The zero-order valence-corrected chi connectivity index (χ0v) is 14.2. The van der Waals surface area contributed by atoms with Crippen LogP contribution >= 0.6 is 0 Å². The lowest BCUT2D eigenvalue weighted by Crippen LogP contribution is -2.18. The fourth-order valence-electron chi connectivity index (χ4n) is 2.79. The molecule has 0 radical (unpaired) electrons. The van der Waals surface area contributed by atoms with E-state index in [4.69, 9.17) is 0 Å². The smallest absolute Gasteiger partial charge is 0.272 e. The molecule has 0 aliphatic heterocycles. The van der Waals surface area contributed by atoms with Crippen molar-refractivity contribution in [2.24, 2.45) is 5.10 Å². The number of aromatic amines is 1. The Morgan fingerprint density at radius 3 is 2.67 bits per heavy atom. The van der Waals surface area contributed by atoms with Gasteiger partial charge in [-0.25, -0.2) is 9.82 Å². The van der Waals surface area contributed by atoms with Gasteiger partial charge in [0.05, 0.1) is 11.9 Å². The second-order valence-electron chi connectivity index (χ2n) is 5.94. The van der Waals surface area contributed by atoms with Gasteiger partial charge in [-0.05, 0) is 41.1 Å². The van der Waals surface area contributed by atoms with Crippen molar-refractivity contribution in [3.8, 4) is 11.3 Å². The standard InChI is InChI=1S/C21H15FN4O/c22-17-10-8-15(9-11-17)19-12-20(25-24-19)21(27)26-23-13-16-6-3-5-14-4-1-2-7-18(14)16/h1-13H,(H,24,25)(H,26,27). The fraction of sp³-hybridized carbons (Fsp3) is 0. The molecule has 27 heavy (non-hydrogen) atoms. The van der Waals surface area contributed by atoms with Gasteiger partial charge in [0.25, 0.3) is 5.91 Å². The van der Waals surface area contributed by atoms with E-state index in [2.05, 4.69) is 20.7 Å². The molecule has 5 nitrogen and oxygen atoms in total. The Morgan fingerprint density at radius 2 is 1.81 bits per heavy atom. The number of carbonyl (C=O) groups excluding carboxylic acids is 1. The van der Waals surface area contributed by atoms with Crippen LogP contribution < -0.4 is 5.43 Å². The van der Waals surface area contributed by atoms with Crippen LogP contribution in [0.3, 0.4) is 0 Å². The number of aromatic nitrogens is 2. The largest absolute Gasteiger partial charge is 0.289 e. The second kappa shape index (κ2) is 7.21. The monoisotopic (exact) mass is 358 g/mol. The third-order valence-corrected chi connectivity index (χ3v) is 4.16. The van der Waals surface area contributed by atoms with Crippen molar-refractivity contribution in [1.82, 2.24) is 15.6 Å². The number of amides is 1. The van der Waals surface area contributed by atoms with Crippen molar-refractivity contribution in [2.75, 3.05) is 0 Å². The maximum Gasteiger partial charge on any atom is 0.289 e. The molecule has 1 aromatic heterocycles. The zero-order valence-electron chi connectivity index (χ0n) is 14.2. The molecule has 0 bridgehead atoms. The Balaban J connectivity index is 1.48. The van der Waals surface area contributed by atoms with Crippen LogP contribution in [0.2, 0.25) is 0 Å². The van der Waals surface area contributed by atoms with E-state index in [-0.39, 0.29) is 11.5 Å². The van der Waals surface area contributed by atoms with E-state index in [0.717, 1.165) is 16.3 Å². The molecule has 4 aromatic rings. The van der Waals surface area contributed by atoms with Gasteiger partial charge in [-0.15, -0.1) is 0 Å². The van der Waals surface area contributed by atoms with Crippen molar-refractivity contribution in [2.45, 2.75) is 0 Å². The SMILES string of the molecule is O=C(NN=Cc1cccc2ccccc12)c1cc(-c2ccc(F)cc2)n[nH]1. The van der Waals surface area contributed by atoms with Gasteiger partial charge in [-0.2, -0.15) is 10.2 Å². The summed E-state index contributed by atoms with van der Waals surface area (Å²) in [5.41, 5.74) is 4.93. The first-order valence-electron chi connectivity index (χ1n) is 8.33. The summed E-state index contributed by atoms with van der Waals surface area (Å²) < 4.78 is 13.0. The van der Waals surface area contributed by atoms with Crippen LogP contribution in [0.1, 0.15) is 16.1 Å². The molecule has 4 rings (SSSR count). The topological polar surface area (TPSA) is 70.1 Å². The maximum atomic E-state index is 13.0. The van der Waals surface area contributed by atoms with Crippen LogP contribution in [0.5, 0.6) is 0 Å². The third-order valence-electron chi connectivity index (χ3n) is 4.16. The second-order valence-corrected chi connectivity index (χ2v) is 5.94. The van der Waals surface area contributed by atoms with Crippen LogP contribution in [0.15, 0.2) is 77.9 Å². The highest BCUT2D eigenvalue weighted by Gasteiger charge is 2.10. The minimum Gasteiger partial charge on any atom is -0.272 e. The highest BCUT2D eigenvalue weighted by Crippen LogP contribution is 2.18. The number of nitrogens with one attached hydrogen (secondary N) is 2. The summed E-state index contributed by atoms with van der Waals surface area (Å²) in [5, 5.41) is 12.9. The first-order chi connectivity index (χ1) is 13.2. The quantitative estimate of drug-likeness (QED) is 0.425. The van der Waals surface area contributed by atoms with E-state index in [9.17, 15) is 9.18 Å². The minimum atomic E-state index is -0.410. The number of nitrogens with zero attached hydrogens (tertiary/aromatic N) is 2. The summed E-state index contributed by atoms with van der Waals surface area (Å²) in [6, 6.07) is 21.3. The van der Waals surface area contributed by atoms with Crippen molar-refractivity contribution in [3.05, 3.63) is 89.9 Å². The third kappa shape index (κ3) is 3.59. The minimum absolute atomic E-state index is 0.268. The summed E-state index contributed by atoms with van der Waals surface area (Å²) in [6.45, 7) is 0. The molecule has 1 amide bonds. The molecule has 132 valence electrons. The normalized spacial score (nSPS) is 11.1. The lowest BCUT2D eigenvalue weighted by Gasteiger charge is -2.01. The van der Waals surface area contributed by atoms with Gasteiger partial charge in [-0.3, -0.25) is 9.89 Å². The van der Waals surface area contributed by atoms with Crippen molar-refractivity contribution >= 4 is 22.9 Å². The molecule has 0 saturated heterocycles. The van der Waals surface area contributed by atoms with Gasteiger partial charge in [0.1, 0.15) is 11.5 Å². The average molecular weight is 358 g/mol. The van der Waals surface area contributed by atoms with Crippen LogP contribution in [0.4, 0.5) is 4.39 Å². The number of fused-ring (bicyclic) bond motifs is 1. The van der Waals surface area contributed by atoms with Gasteiger partial charge in [0.15, 0.2) is 0 Å². The molecule has 0 fully saturated rings. The summed E-state index contributed by atoms with van der Waals surface area (Å²) in [7, 11) is 0. The predicted molar refractivity (Wildman–Crippen MR) is 103 cm³/mol. The summed E-state index contributed by atoms with van der Waals surface area (Å²) in [5.74, 6) is -0.734. The first kappa shape index (κ1) is 16.7. The number of hydrazone groups is 1. The van der Waals surface area contributed by atoms with Gasteiger partial charge >= 0.3 is 0 Å². The van der Waals surface area contributed by atoms with E-state index < -0.39 is 5.91 Å². The predicted octanol–water partition coefficient (Wildman–Crippen LogP) is 4.13. The molecule has 1 heterocycles. The first-order valence-corrected chi connectivity index (χ1v) is 8.33. The van der Waals surface area contributed by atoms with E-state index in [1.807, 2.05) is 42.5 Å². The Kier molecular flexibility index (Phi) is 4.45. The van der Waals surface area contributed by atoms with Gasteiger partial charge < -0.3 is 0 Å². The number of halogens is 1. The average Bonchev–Trinajstić information content (AvgIpc) is 3.19. The van der Waals surface area contributed by atoms with Crippen LogP contribution in [-0.2, 0) is 0 Å². The molecular weight excluding hydrogens is 343 g/mol. The molecule has 0 spiro atoms. The highest BCUT2D eigenvalue weighted by molar-refractivity contribution is 6.00. The number of H-pyrrole nitrogens is 1. The van der Waals surface area contributed by atoms with Gasteiger partial charge in [-0.1, -0.05) is 42.5 Å². The lowest BCUT2D eigenvalue weighted by molar-refractivity contribution is 0.0950.